The van der Waals surface area contributed by atoms with Crippen LogP contribution in [0.2, 0.25) is 0 Å². The van der Waals surface area contributed by atoms with Gasteiger partial charge in [0.1, 0.15) is 11.9 Å². The molecule has 0 N–H and O–H groups in total. The highest BCUT2D eigenvalue weighted by molar-refractivity contribution is 5.94. The van der Waals surface area contributed by atoms with E-state index in [0.717, 1.165) is 49.4 Å². The van der Waals surface area contributed by atoms with Crippen molar-refractivity contribution >= 4 is 28.2 Å². The van der Waals surface area contributed by atoms with E-state index in [1.165, 1.54) is 22.5 Å². The molecule has 218 valence electrons. The number of aromatic nitrogens is 2. The number of nitrogens with zero attached hydrogens (tertiary/aromatic N) is 7. The minimum absolute atomic E-state index is 0.126. The molecule has 1 unspecified atom stereocenters. The third-order valence-corrected chi connectivity index (χ3v) is 8.79. The predicted molar refractivity (Wildman–Crippen MR) is 166 cm³/mol. The Kier molecular flexibility index (Phi) is 7.74. The Morgan fingerprint density at radius 1 is 1.14 bits per heavy atom. The molecule has 6 rings (SSSR count). The average molecular weight is 566 g/mol. The quantitative estimate of drug-likeness (QED) is 0.287. The molecule has 42 heavy (non-hydrogen) atoms. The van der Waals surface area contributed by atoms with Crippen molar-refractivity contribution in [3.63, 3.8) is 0 Å². The van der Waals surface area contributed by atoms with Crippen molar-refractivity contribution in [2.45, 2.75) is 31.8 Å². The van der Waals surface area contributed by atoms with Gasteiger partial charge in [0.25, 0.3) is 0 Å². The van der Waals surface area contributed by atoms with E-state index in [1.54, 1.807) is 4.90 Å². The smallest absolute Gasteiger partial charge is 0.318 e. The van der Waals surface area contributed by atoms with Gasteiger partial charge < -0.3 is 29.2 Å². The van der Waals surface area contributed by atoms with Crippen molar-refractivity contribution in [3.05, 3.63) is 77.8 Å². The van der Waals surface area contributed by atoms with E-state index in [9.17, 15) is 4.79 Å². The van der Waals surface area contributed by atoms with Gasteiger partial charge in [-0.05, 0) is 50.9 Å². The summed E-state index contributed by atoms with van der Waals surface area (Å²) in [5.74, 6) is 0.754. The molecule has 1 amide bonds. The molecule has 9 nitrogen and oxygen atoms in total. The number of hydrogen-bond acceptors (Lipinski definition) is 7. The summed E-state index contributed by atoms with van der Waals surface area (Å²) < 4.78 is 6.37. The van der Waals surface area contributed by atoms with Crippen molar-refractivity contribution in [1.82, 2.24) is 19.8 Å². The van der Waals surface area contributed by atoms with E-state index < -0.39 is 0 Å². The normalized spacial score (nSPS) is 19.4. The molecule has 2 aliphatic heterocycles. The molecular weight excluding hydrogens is 526 g/mol. The second-order valence-corrected chi connectivity index (χ2v) is 12.1. The molecule has 0 bridgehead atoms. The van der Waals surface area contributed by atoms with Crippen molar-refractivity contribution < 1.29 is 9.53 Å². The van der Waals surface area contributed by atoms with E-state index in [4.69, 9.17) is 21.3 Å². The van der Waals surface area contributed by atoms with Crippen LogP contribution in [-0.4, -0.2) is 91.7 Å². The topological polar surface area (TPSA) is 69.4 Å². The highest BCUT2D eigenvalue weighted by Crippen LogP contribution is 2.46. The fourth-order valence-corrected chi connectivity index (χ4v) is 6.53. The van der Waals surface area contributed by atoms with Gasteiger partial charge in [-0.15, -0.1) is 0 Å². The first-order valence-corrected chi connectivity index (χ1v) is 14.8. The van der Waals surface area contributed by atoms with E-state index in [-0.39, 0.29) is 23.9 Å². The van der Waals surface area contributed by atoms with Gasteiger partial charge in [0.2, 0.25) is 12.5 Å². The van der Waals surface area contributed by atoms with Crippen LogP contribution in [0.1, 0.15) is 24.1 Å². The van der Waals surface area contributed by atoms with Gasteiger partial charge in [-0.25, -0.2) is 6.57 Å². The Labute approximate surface area is 248 Å². The van der Waals surface area contributed by atoms with E-state index in [0.29, 0.717) is 38.8 Å². The van der Waals surface area contributed by atoms with Gasteiger partial charge in [0.15, 0.2) is 0 Å². The first-order chi connectivity index (χ1) is 20.4. The predicted octanol–water partition coefficient (Wildman–Crippen LogP) is 4.04. The number of piperazine rings is 1. The van der Waals surface area contributed by atoms with Gasteiger partial charge in [0, 0.05) is 54.8 Å². The second-order valence-electron chi connectivity index (χ2n) is 12.1. The molecule has 3 aromatic rings. The highest BCUT2D eigenvalue weighted by Gasteiger charge is 2.44. The molecule has 1 saturated carbocycles. The lowest BCUT2D eigenvalue weighted by molar-refractivity contribution is -0.128. The minimum atomic E-state index is -0.220. The standard InChI is InChI=1S/C33H39N7O2/c1-5-30(41)40-18-17-39(20-25(40)19-34-2)31-27-13-16-38(29-12-8-10-24-9-6-7-11-26(24)29)21-28(27)35-32(36-31)42-23-33(14-15-33)22-37(3)4/h5-12,25H,1,13-23H2,3-4H3. The van der Waals surface area contributed by atoms with Crippen LogP contribution in [0.3, 0.4) is 0 Å². The molecule has 0 spiro atoms. The number of carbonyl (C=O) groups is 1. The number of amides is 1. The van der Waals surface area contributed by atoms with Gasteiger partial charge in [-0.3, -0.25) is 4.79 Å². The fourth-order valence-electron chi connectivity index (χ4n) is 6.53. The van der Waals surface area contributed by atoms with Gasteiger partial charge in [-0.2, -0.15) is 9.97 Å². The molecule has 3 heterocycles. The summed E-state index contributed by atoms with van der Waals surface area (Å²) in [6.45, 7) is 16.2. The van der Waals surface area contributed by atoms with Gasteiger partial charge in [0.05, 0.1) is 18.8 Å². The summed E-state index contributed by atoms with van der Waals surface area (Å²) in [6.07, 6.45) is 4.44. The summed E-state index contributed by atoms with van der Waals surface area (Å²) in [5.41, 5.74) is 3.49. The Morgan fingerprint density at radius 3 is 2.71 bits per heavy atom. The number of hydrogen-bond donors (Lipinski definition) is 0. The Hall–Kier alpha value is -4.16. The molecule has 1 atom stereocenters. The average Bonchev–Trinajstić information content (AvgIpc) is 3.77. The molecule has 1 aliphatic carbocycles. The monoisotopic (exact) mass is 565 g/mol. The fraction of sp³-hybridized carbons (Fsp3) is 0.455. The van der Waals surface area contributed by atoms with Crippen LogP contribution in [-0.2, 0) is 17.8 Å². The molecule has 3 aliphatic rings. The molecule has 9 heteroatoms. The number of rotatable bonds is 9. The number of benzene rings is 2. The number of anilines is 2. The zero-order valence-electron chi connectivity index (χ0n) is 24.6. The van der Waals surface area contributed by atoms with E-state index in [1.807, 2.05) is 0 Å². The summed E-state index contributed by atoms with van der Waals surface area (Å²) in [6, 6.07) is 15.2. The Balaban J connectivity index is 1.33. The van der Waals surface area contributed by atoms with Crippen molar-refractivity contribution in [2.75, 3.05) is 69.8 Å². The molecular formula is C33H39N7O2. The number of fused-ring (bicyclic) bond motifs is 2. The highest BCUT2D eigenvalue weighted by atomic mass is 16.5. The lowest BCUT2D eigenvalue weighted by Crippen LogP contribution is -2.56. The Morgan fingerprint density at radius 2 is 1.95 bits per heavy atom. The maximum absolute atomic E-state index is 12.5. The Bertz CT molecular complexity index is 1520. The van der Waals surface area contributed by atoms with Crippen LogP contribution in [0.15, 0.2) is 55.1 Å². The third-order valence-electron chi connectivity index (χ3n) is 8.79. The van der Waals surface area contributed by atoms with Crippen LogP contribution >= 0.6 is 0 Å². The molecule has 1 aromatic heterocycles. The van der Waals surface area contributed by atoms with Crippen LogP contribution in [0, 0.1) is 12.0 Å². The lowest BCUT2D eigenvalue weighted by Gasteiger charge is -2.41. The zero-order chi connectivity index (χ0) is 29.3. The molecule has 0 radical (unpaired) electrons. The molecule has 1 saturated heterocycles. The first-order valence-electron chi connectivity index (χ1n) is 14.8. The molecule has 2 aromatic carbocycles. The third kappa shape index (κ3) is 5.64. The summed E-state index contributed by atoms with van der Waals surface area (Å²) in [4.78, 5) is 34.8. The second kappa shape index (κ2) is 11.6. The summed E-state index contributed by atoms with van der Waals surface area (Å²) in [7, 11) is 4.21. The van der Waals surface area contributed by atoms with Crippen LogP contribution in [0.5, 0.6) is 6.01 Å². The zero-order valence-corrected chi connectivity index (χ0v) is 24.6. The largest absolute Gasteiger partial charge is 0.463 e. The number of ether oxygens (including phenoxy) is 1. The van der Waals surface area contributed by atoms with Crippen molar-refractivity contribution in [2.24, 2.45) is 5.41 Å². The minimum Gasteiger partial charge on any atom is -0.463 e. The van der Waals surface area contributed by atoms with Crippen LogP contribution in [0.25, 0.3) is 15.6 Å². The summed E-state index contributed by atoms with van der Waals surface area (Å²) in [5, 5.41) is 2.46. The van der Waals surface area contributed by atoms with Crippen LogP contribution < -0.4 is 14.5 Å². The summed E-state index contributed by atoms with van der Waals surface area (Å²) >= 11 is 0. The van der Waals surface area contributed by atoms with E-state index in [2.05, 4.69) is 82.7 Å². The SMILES string of the molecule is [C-]#[N+]CC1CN(c2nc(OCC3(CN(C)C)CC3)nc3c2CCN(c2cccc4ccccc24)C3)CCN1C(=O)C=C. The van der Waals surface area contributed by atoms with Gasteiger partial charge in [-0.1, -0.05) is 43.0 Å². The van der Waals surface area contributed by atoms with E-state index >= 15 is 0 Å². The van der Waals surface area contributed by atoms with Crippen molar-refractivity contribution in [1.29, 1.82) is 0 Å². The maximum Gasteiger partial charge on any atom is 0.318 e. The van der Waals surface area contributed by atoms with Crippen molar-refractivity contribution in [3.8, 4) is 6.01 Å². The molecule has 2 fully saturated rings. The van der Waals surface area contributed by atoms with Crippen LogP contribution in [0.4, 0.5) is 11.5 Å². The first kappa shape index (κ1) is 28.0. The van der Waals surface area contributed by atoms with Gasteiger partial charge >= 0.3 is 6.01 Å². The number of carbonyl (C=O) groups excluding carboxylic acids is 1. The lowest BCUT2D eigenvalue weighted by atomic mass is 10.0. The maximum atomic E-state index is 12.5.